The van der Waals surface area contributed by atoms with Crippen LogP contribution in [-0.2, 0) is 11.3 Å². The third-order valence-corrected chi connectivity index (χ3v) is 12.4. The molecule has 2 aromatic carbocycles. The minimum absolute atomic E-state index is 0.0421. The summed E-state index contributed by atoms with van der Waals surface area (Å²) in [6.07, 6.45) is 5.54. The van der Waals surface area contributed by atoms with Gasteiger partial charge in [-0.2, -0.15) is 5.21 Å². The Morgan fingerprint density at radius 1 is 1.14 bits per heavy atom. The molecule has 234 valence electrons. The Labute approximate surface area is 266 Å². The summed E-state index contributed by atoms with van der Waals surface area (Å²) < 4.78 is 0. The number of aliphatic imine (C=N–C) groups is 1. The molecule has 0 unspecified atom stereocenters. The molecule has 2 heterocycles. The van der Waals surface area contributed by atoms with Gasteiger partial charge in [0.2, 0.25) is 0 Å². The number of hydrogen-bond donors (Lipinski definition) is 2. The van der Waals surface area contributed by atoms with Crippen molar-refractivity contribution in [2.45, 2.75) is 103 Å². The molecule has 2 aliphatic rings. The summed E-state index contributed by atoms with van der Waals surface area (Å²) in [7, 11) is -1.34. The van der Waals surface area contributed by atoms with Gasteiger partial charge in [0.25, 0.3) is 11.8 Å². The summed E-state index contributed by atoms with van der Waals surface area (Å²) in [6, 6.07) is 14.9. The number of carbonyl (C=O) groups is 2. The molecule has 3 aromatic rings. The van der Waals surface area contributed by atoms with Crippen molar-refractivity contribution in [1.82, 2.24) is 30.8 Å². The molecular formula is C33H44ClN7O2Si. The number of rotatable bonds is 9. The van der Waals surface area contributed by atoms with E-state index in [9.17, 15) is 9.59 Å². The maximum Gasteiger partial charge on any atom is 0.275 e. The molecule has 44 heavy (non-hydrogen) atoms. The highest BCUT2D eigenvalue weighted by molar-refractivity contribution is 6.77. The van der Waals surface area contributed by atoms with Crippen LogP contribution < -0.4 is 5.32 Å². The molecule has 1 aromatic heterocycles. The number of halogens is 1. The molecule has 2 amide bonds. The standard InChI is InChI=1S/C33H44ClN7O2Si/c1-32(2,3)17-16-27(22-10-12-23(13-11-22)30(42)35-21-28-37-39-40-38-28)41-31(43)29(24-8-7-9-25(34)20-24)36-33(41)18-14-26(15-19-33)44(4,5)6/h7-13,20,26-27H,14-19,21H2,1-6H3,(H,35,42)(H,37,38,39,40)/t26?,27-,33?/m1/s1. The molecule has 1 fully saturated rings. The van der Waals surface area contributed by atoms with E-state index in [1.165, 1.54) is 0 Å². The van der Waals surface area contributed by atoms with Crippen LogP contribution in [0.5, 0.6) is 0 Å². The predicted molar refractivity (Wildman–Crippen MR) is 176 cm³/mol. The van der Waals surface area contributed by atoms with Crippen LogP contribution in [0.3, 0.4) is 0 Å². The lowest BCUT2D eigenvalue weighted by Gasteiger charge is -2.47. The molecule has 1 atom stereocenters. The van der Waals surface area contributed by atoms with E-state index in [0.29, 0.717) is 27.7 Å². The number of H-pyrrole nitrogens is 1. The maximum absolute atomic E-state index is 14.6. The first kappa shape index (κ1) is 32.0. The van der Waals surface area contributed by atoms with Crippen molar-refractivity contribution in [3.8, 4) is 0 Å². The van der Waals surface area contributed by atoms with Crippen molar-refractivity contribution >= 4 is 37.2 Å². The number of benzene rings is 2. The molecule has 5 rings (SSSR count). The zero-order valence-electron chi connectivity index (χ0n) is 26.7. The average Bonchev–Trinajstić information content (AvgIpc) is 3.58. The molecule has 1 aliphatic carbocycles. The van der Waals surface area contributed by atoms with Crippen molar-refractivity contribution in [2.75, 3.05) is 0 Å². The summed E-state index contributed by atoms with van der Waals surface area (Å²) in [6.45, 7) is 14.2. The normalized spacial score (nSPS) is 21.4. The van der Waals surface area contributed by atoms with Gasteiger partial charge in [0.1, 0.15) is 11.4 Å². The topological polar surface area (TPSA) is 116 Å². The molecular weight excluding hydrogens is 590 g/mol. The Morgan fingerprint density at radius 3 is 2.43 bits per heavy atom. The van der Waals surface area contributed by atoms with Crippen LogP contribution in [0.4, 0.5) is 0 Å². The second-order valence-electron chi connectivity index (χ2n) is 14.5. The van der Waals surface area contributed by atoms with Gasteiger partial charge in [0, 0.05) is 24.2 Å². The van der Waals surface area contributed by atoms with Crippen LogP contribution in [0, 0.1) is 5.41 Å². The smallest absolute Gasteiger partial charge is 0.275 e. The Kier molecular flexibility index (Phi) is 9.14. The van der Waals surface area contributed by atoms with Gasteiger partial charge in [-0.25, -0.2) is 0 Å². The minimum Gasteiger partial charge on any atom is -0.345 e. The third kappa shape index (κ3) is 7.12. The third-order valence-electron chi connectivity index (χ3n) is 9.13. The summed E-state index contributed by atoms with van der Waals surface area (Å²) >= 11 is 6.38. The number of carbonyl (C=O) groups excluding carboxylic acids is 2. The maximum atomic E-state index is 14.6. The Balaban J connectivity index is 1.49. The van der Waals surface area contributed by atoms with Crippen LogP contribution in [0.2, 0.25) is 30.2 Å². The molecule has 0 radical (unpaired) electrons. The Morgan fingerprint density at radius 2 is 1.84 bits per heavy atom. The second-order valence-corrected chi connectivity index (χ2v) is 20.5. The fraction of sp³-hybridized carbons (Fsp3) is 0.515. The van der Waals surface area contributed by atoms with E-state index in [1.54, 1.807) is 0 Å². The second kappa shape index (κ2) is 12.6. The Bertz CT molecular complexity index is 1500. The number of hydrogen-bond acceptors (Lipinski definition) is 6. The van der Waals surface area contributed by atoms with Gasteiger partial charge < -0.3 is 10.2 Å². The van der Waals surface area contributed by atoms with Crippen LogP contribution in [-0.4, -0.2) is 56.8 Å². The molecule has 0 saturated heterocycles. The van der Waals surface area contributed by atoms with E-state index in [-0.39, 0.29) is 29.8 Å². The molecule has 11 heteroatoms. The summed E-state index contributed by atoms with van der Waals surface area (Å²) in [5, 5.41) is 17.1. The van der Waals surface area contributed by atoms with Crippen molar-refractivity contribution in [2.24, 2.45) is 10.4 Å². The first-order chi connectivity index (χ1) is 20.8. The van der Waals surface area contributed by atoms with E-state index >= 15 is 0 Å². The van der Waals surface area contributed by atoms with Gasteiger partial charge in [-0.3, -0.25) is 14.6 Å². The molecule has 0 bridgehead atoms. The number of nitrogens with one attached hydrogen (secondary N) is 2. The molecule has 1 saturated carbocycles. The average molecular weight is 634 g/mol. The van der Waals surface area contributed by atoms with Crippen molar-refractivity contribution in [3.05, 3.63) is 76.1 Å². The van der Waals surface area contributed by atoms with Crippen LogP contribution in [0.1, 0.15) is 92.6 Å². The van der Waals surface area contributed by atoms with E-state index < -0.39 is 13.7 Å². The first-order valence-corrected chi connectivity index (χ1v) is 19.5. The van der Waals surface area contributed by atoms with Gasteiger partial charge in [0.05, 0.1) is 12.6 Å². The summed E-state index contributed by atoms with van der Waals surface area (Å²) in [4.78, 5) is 34.9. The minimum atomic E-state index is -1.34. The number of aromatic amines is 1. The van der Waals surface area contributed by atoms with Gasteiger partial charge in [-0.1, -0.05) is 81.5 Å². The lowest BCUT2D eigenvalue weighted by Crippen LogP contribution is -2.51. The fourth-order valence-electron chi connectivity index (χ4n) is 6.56. The fourth-order valence-corrected chi connectivity index (χ4v) is 8.77. The predicted octanol–water partition coefficient (Wildman–Crippen LogP) is 6.96. The number of aromatic nitrogens is 4. The molecule has 1 aliphatic heterocycles. The van der Waals surface area contributed by atoms with Crippen molar-refractivity contribution in [3.63, 3.8) is 0 Å². The van der Waals surface area contributed by atoms with Gasteiger partial charge in [0.15, 0.2) is 5.82 Å². The van der Waals surface area contributed by atoms with Crippen LogP contribution in [0.25, 0.3) is 0 Å². The number of tetrazole rings is 1. The number of nitrogens with zero attached hydrogens (tertiary/aromatic N) is 5. The monoisotopic (exact) mass is 633 g/mol. The lowest BCUT2D eigenvalue weighted by atomic mass is 9.83. The van der Waals surface area contributed by atoms with Gasteiger partial charge in [-0.05, 0) is 79.3 Å². The summed E-state index contributed by atoms with van der Waals surface area (Å²) in [5.41, 5.74) is 2.97. The highest BCUT2D eigenvalue weighted by atomic mass is 35.5. The van der Waals surface area contributed by atoms with Gasteiger partial charge >= 0.3 is 0 Å². The molecule has 2 N–H and O–H groups in total. The number of amides is 2. The Hall–Kier alpha value is -3.37. The highest BCUT2D eigenvalue weighted by Gasteiger charge is 2.52. The first-order valence-electron chi connectivity index (χ1n) is 15.6. The molecule has 1 spiro atoms. The van der Waals surface area contributed by atoms with Crippen LogP contribution >= 0.6 is 11.6 Å². The molecule has 9 nitrogen and oxygen atoms in total. The van der Waals surface area contributed by atoms with Crippen LogP contribution in [0.15, 0.2) is 53.5 Å². The lowest BCUT2D eigenvalue weighted by molar-refractivity contribution is -0.133. The van der Waals surface area contributed by atoms with Crippen molar-refractivity contribution < 1.29 is 9.59 Å². The van der Waals surface area contributed by atoms with Crippen molar-refractivity contribution in [1.29, 1.82) is 0 Å². The van der Waals surface area contributed by atoms with E-state index in [4.69, 9.17) is 16.6 Å². The van der Waals surface area contributed by atoms with E-state index in [1.807, 2.05) is 48.5 Å². The quantitative estimate of drug-likeness (QED) is 0.247. The van der Waals surface area contributed by atoms with E-state index in [2.05, 4.69) is 71.3 Å². The highest BCUT2D eigenvalue weighted by Crippen LogP contribution is 2.50. The zero-order valence-corrected chi connectivity index (χ0v) is 28.4. The SMILES string of the molecule is CC(C)(C)CC[C@H](c1ccc(C(=O)NCc2nn[nH]n2)cc1)N1C(=O)C(c2cccc(Cl)c2)=NC12CCC([Si](C)(C)C)CC2. The van der Waals surface area contributed by atoms with E-state index in [0.717, 1.165) is 49.7 Å². The summed E-state index contributed by atoms with van der Waals surface area (Å²) in [5.74, 6) is 0.145. The van der Waals surface area contributed by atoms with Gasteiger partial charge in [-0.15, -0.1) is 10.2 Å². The largest absolute Gasteiger partial charge is 0.345 e. The zero-order chi connectivity index (χ0) is 31.7.